The first kappa shape index (κ1) is 20.2. The van der Waals surface area contributed by atoms with E-state index in [0.29, 0.717) is 11.4 Å². The minimum atomic E-state index is -0.633. The molecule has 8 heteroatoms. The molecule has 0 bridgehead atoms. The Bertz CT molecular complexity index is 859. The molecule has 0 saturated carbocycles. The quantitative estimate of drug-likeness (QED) is 0.659. The number of rotatable bonds is 8. The maximum atomic E-state index is 12.0. The Morgan fingerprint density at radius 3 is 2.21 bits per heavy atom. The van der Waals surface area contributed by atoms with Crippen molar-refractivity contribution < 1.29 is 23.9 Å². The maximum absolute atomic E-state index is 12.0. The SMILES string of the molecule is NC(=O)COc1ccc(C(=O)OCC(=O)Nc2ccc(N3CCCC3)cc2)cc1. The van der Waals surface area contributed by atoms with Gasteiger partial charge in [-0.15, -0.1) is 0 Å². The van der Waals surface area contributed by atoms with Gasteiger partial charge in [-0.05, 0) is 61.4 Å². The molecule has 0 spiro atoms. The van der Waals surface area contributed by atoms with Crippen molar-refractivity contribution in [1.82, 2.24) is 0 Å². The third-order valence-corrected chi connectivity index (χ3v) is 4.43. The fraction of sp³-hybridized carbons (Fsp3) is 0.286. The molecule has 152 valence electrons. The first-order chi connectivity index (χ1) is 14.0. The van der Waals surface area contributed by atoms with Gasteiger partial charge in [-0.1, -0.05) is 0 Å². The number of esters is 1. The van der Waals surface area contributed by atoms with E-state index >= 15 is 0 Å². The van der Waals surface area contributed by atoms with E-state index in [2.05, 4.69) is 10.2 Å². The molecule has 1 saturated heterocycles. The predicted octanol–water partition coefficient (Wildman–Crippen LogP) is 1.95. The highest BCUT2D eigenvalue weighted by atomic mass is 16.5. The molecule has 2 aromatic carbocycles. The van der Waals surface area contributed by atoms with Gasteiger partial charge in [0.25, 0.3) is 11.8 Å². The van der Waals surface area contributed by atoms with E-state index in [0.717, 1.165) is 18.8 Å². The first-order valence-corrected chi connectivity index (χ1v) is 9.34. The number of carbonyl (C=O) groups is 3. The van der Waals surface area contributed by atoms with E-state index in [4.69, 9.17) is 15.2 Å². The van der Waals surface area contributed by atoms with Gasteiger partial charge in [-0.25, -0.2) is 4.79 Å². The van der Waals surface area contributed by atoms with Gasteiger partial charge < -0.3 is 25.4 Å². The third kappa shape index (κ3) is 5.97. The van der Waals surface area contributed by atoms with Crippen LogP contribution in [0.2, 0.25) is 0 Å². The molecule has 0 aromatic heterocycles. The number of primary amides is 1. The third-order valence-electron chi connectivity index (χ3n) is 4.43. The highest BCUT2D eigenvalue weighted by Gasteiger charge is 2.13. The lowest BCUT2D eigenvalue weighted by Gasteiger charge is -2.17. The second-order valence-corrected chi connectivity index (χ2v) is 6.64. The fourth-order valence-electron chi connectivity index (χ4n) is 2.98. The lowest BCUT2D eigenvalue weighted by Crippen LogP contribution is -2.21. The normalized spacial score (nSPS) is 13.0. The summed E-state index contributed by atoms with van der Waals surface area (Å²) in [4.78, 5) is 37.1. The van der Waals surface area contributed by atoms with E-state index in [1.165, 1.54) is 37.1 Å². The molecule has 0 radical (unpaired) electrons. The average Bonchev–Trinajstić information content (AvgIpc) is 3.26. The van der Waals surface area contributed by atoms with Crippen LogP contribution < -0.4 is 20.7 Å². The van der Waals surface area contributed by atoms with E-state index < -0.39 is 24.4 Å². The second-order valence-electron chi connectivity index (χ2n) is 6.64. The number of hydrogen-bond acceptors (Lipinski definition) is 6. The van der Waals surface area contributed by atoms with Gasteiger partial charge in [-0.2, -0.15) is 0 Å². The molecule has 2 aromatic rings. The molecule has 3 N–H and O–H groups in total. The van der Waals surface area contributed by atoms with Crippen molar-refractivity contribution in [2.24, 2.45) is 5.73 Å². The van der Waals surface area contributed by atoms with E-state index in [9.17, 15) is 14.4 Å². The van der Waals surface area contributed by atoms with Crippen molar-refractivity contribution in [2.45, 2.75) is 12.8 Å². The molecule has 3 rings (SSSR count). The van der Waals surface area contributed by atoms with Crippen LogP contribution in [0.3, 0.4) is 0 Å². The van der Waals surface area contributed by atoms with Gasteiger partial charge in [0.05, 0.1) is 5.56 Å². The number of anilines is 2. The van der Waals surface area contributed by atoms with Crippen LogP contribution in [0.5, 0.6) is 5.75 Å². The summed E-state index contributed by atoms with van der Waals surface area (Å²) in [5.41, 5.74) is 7.04. The Kier molecular flexibility index (Phi) is 6.67. The summed E-state index contributed by atoms with van der Waals surface area (Å²) in [7, 11) is 0. The van der Waals surface area contributed by atoms with Crippen LogP contribution in [0.15, 0.2) is 48.5 Å². The lowest BCUT2D eigenvalue weighted by atomic mass is 10.2. The van der Waals surface area contributed by atoms with Crippen LogP contribution in [0, 0.1) is 0 Å². The number of nitrogens with one attached hydrogen (secondary N) is 1. The Morgan fingerprint density at radius 1 is 0.931 bits per heavy atom. The minimum Gasteiger partial charge on any atom is -0.484 e. The van der Waals surface area contributed by atoms with E-state index in [1.54, 1.807) is 0 Å². The highest BCUT2D eigenvalue weighted by molar-refractivity contribution is 5.95. The molecule has 1 heterocycles. The van der Waals surface area contributed by atoms with Crippen molar-refractivity contribution in [3.05, 3.63) is 54.1 Å². The summed E-state index contributed by atoms with van der Waals surface area (Å²) in [6.45, 7) is 1.47. The van der Waals surface area contributed by atoms with Crippen LogP contribution in [-0.4, -0.2) is 44.1 Å². The van der Waals surface area contributed by atoms with Crippen molar-refractivity contribution in [3.63, 3.8) is 0 Å². The molecule has 1 fully saturated rings. The van der Waals surface area contributed by atoms with Crippen LogP contribution in [0.1, 0.15) is 23.2 Å². The fourth-order valence-corrected chi connectivity index (χ4v) is 2.98. The molecule has 1 aliphatic rings. The summed E-state index contributed by atoms with van der Waals surface area (Å²) >= 11 is 0. The Labute approximate surface area is 168 Å². The number of amides is 2. The molecule has 0 unspecified atom stereocenters. The van der Waals surface area contributed by atoms with Crippen molar-refractivity contribution in [3.8, 4) is 5.75 Å². The van der Waals surface area contributed by atoms with Crippen molar-refractivity contribution in [1.29, 1.82) is 0 Å². The number of carbonyl (C=O) groups excluding carboxylic acids is 3. The zero-order valence-electron chi connectivity index (χ0n) is 15.9. The number of ether oxygens (including phenoxy) is 2. The molecule has 8 nitrogen and oxygen atoms in total. The number of nitrogens with two attached hydrogens (primary N) is 1. The molecular weight excluding hydrogens is 374 g/mol. The monoisotopic (exact) mass is 397 g/mol. The summed E-state index contributed by atoms with van der Waals surface area (Å²) in [5, 5.41) is 2.70. The Morgan fingerprint density at radius 2 is 1.59 bits per heavy atom. The lowest BCUT2D eigenvalue weighted by molar-refractivity contribution is -0.120. The first-order valence-electron chi connectivity index (χ1n) is 9.34. The van der Waals surface area contributed by atoms with Crippen LogP contribution in [0.25, 0.3) is 0 Å². The molecule has 1 aliphatic heterocycles. The standard InChI is InChI=1S/C21H23N3O5/c22-19(25)13-28-18-9-3-15(4-10-18)21(27)29-14-20(26)23-16-5-7-17(8-6-16)24-11-1-2-12-24/h3-10H,1-2,11-14H2,(H2,22,25)(H,23,26). The topological polar surface area (TPSA) is 111 Å². The Balaban J connectivity index is 1.44. The van der Waals surface area contributed by atoms with Gasteiger partial charge in [-0.3, -0.25) is 9.59 Å². The number of benzene rings is 2. The van der Waals surface area contributed by atoms with Crippen molar-refractivity contribution in [2.75, 3.05) is 36.5 Å². The summed E-state index contributed by atoms with van der Waals surface area (Å²) in [5.74, 6) is -1.25. The van der Waals surface area contributed by atoms with Crippen LogP contribution in [-0.2, 0) is 14.3 Å². The van der Waals surface area contributed by atoms with Gasteiger partial charge in [0, 0.05) is 24.5 Å². The van der Waals surface area contributed by atoms with E-state index in [-0.39, 0.29) is 12.2 Å². The molecule has 0 atom stereocenters. The largest absolute Gasteiger partial charge is 0.484 e. The van der Waals surface area contributed by atoms with Gasteiger partial charge in [0.1, 0.15) is 5.75 Å². The zero-order chi connectivity index (χ0) is 20.6. The second kappa shape index (κ2) is 9.59. The molecule has 29 heavy (non-hydrogen) atoms. The van der Waals surface area contributed by atoms with Crippen LogP contribution in [0.4, 0.5) is 11.4 Å². The van der Waals surface area contributed by atoms with Gasteiger partial charge >= 0.3 is 5.97 Å². The summed E-state index contributed by atoms with van der Waals surface area (Å²) in [6.07, 6.45) is 2.40. The van der Waals surface area contributed by atoms with Gasteiger partial charge in [0.15, 0.2) is 13.2 Å². The van der Waals surface area contributed by atoms with Crippen molar-refractivity contribution >= 4 is 29.2 Å². The maximum Gasteiger partial charge on any atom is 0.338 e. The highest BCUT2D eigenvalue weighted by Crippen LogP contribution is 2.22. The minimum absolute atomic E-state index is 0.247. The van der Waals surface area contributed by atoms with Crippen LogP contribution >= 0.6 is 0 Å². The summed E-state index contributed by atoms with van der Waals surface area (Å²) < 4.78 is 10.1. The smallest absolute Gasteiger partial charge is 0.338 e. The Hall–Kier alpha value is -3.55. The average molecular weight is 397 g/mol. The summed E-state index contributed by atoms with van der Waals surface area (Å²) in [6, 6.07) is 13.6. The molecular formula is C21H23N3O5. The number of nitrogens with zero attached hydrogens (tertiary/aromatic N) is 1. The number of hydrogen-bond donors (Lipinski definition) is 2. The zero-order valence-corrected chi connectivity index (χ0v) is 15.9. The molecule has 0 aliphatic carbocycles. The molecule has 2 amide bonds. The van der Waals surface area contributed by atoms with Gasteiger partial charge in [0.2, 0.25) is 0 Å². The predicted molar refractivity (Wildman–Crippen MR) is 108 cm³/mol. The van der Waals surface area contributed by atoms with E-state index in [1.807, 2.05) is 24.3 Å².